The number of amides is 1. The van der Waals surface area contributed by atoms with Crippen LogP contribution in [0.3, 0.4) is 0 Å². The van der Waals surface area contributed by atoms with E-state index in [1.165, 1.54) is 0 Å². The minimum atomic E-state index is -0.689. The van der Waals surface area contributed by atoms with Gasteiger partial charge in [0.2, 0.25) is 5.91 Å². The molecule has 0 aromatic heterocycles. The highest BCUT2D eigenvalue weighted by Gasteiger charge is 2.46. The summed E-state index contributed by atoms with van der Waals surface area (Å²) in [5.41, 5.74) is -0.604. The molecule has 5 heteroatoms. The molecule has 2 N–H and O–H groups in total. The number of carbonyl (C=O) groups is 2. The van der Waals surface area contributed by atoms with Crippen molar-refractivity contribution in [1.29, 1.82) is 0 Å². The monoisotopic (exact) mass is 256 g/mol. The summed E-state index contributed by atoms with van der Waals surface area (Å²) in [7, 11) is 1.63. The number of hydrogen-bond donors (Lipinski definition) is 2. The summed E-state index contributed by atoms with van der Waals surface area (Å²) in [6.45, 7) is 6.17. The minimum absolute atomic E-state index is 0.0440. The molecule has 1 aliphatic rings. The molecular formula is C13H24N2O3. The van der Waals surface area contributed by atoms with Crippen molar-refractivity contribution in [1.82, 2.24) is 10.2 Å². The zero-order valence-electron chi connectivity index (χ0n) is 11.5. The van der Waals surface area contributed by atoms with E-state index in [1.54, 1.807) is 7.05 Å². The van der Waals surface area contributed by atoms with E-state index in [1.807, 2.05) is 13.8 Å². The Morgan fingerprint density at radius 2 is 2.11 bits per heavy atom. The van der Waals surface area contributed by atoms with E-state index >= 15 is 0 Å². The van der Waals surface area contributed by atoms with Crippen molar-refractivity contribution in [3.63, 3.8) is 0 Å². The van der Waals surface area contributed by atoms with E-state index in [0.717, 1.165) is 19.5 Å². The Kier molecular flexibility index (Phi) is 5.14. The summed E-state index contributed by atoms with van der Waals surface area (Å²) in [5.74, 6) is -0.507. The molecule has 1 unspecified atom stereocenters. The van der Waals surface area contributed by atoms with Crippen LogP contribution in [0.5, 0.6) is 0 Å². The first-order chi connectivity index (χ1) is 8.42. The number of nitrogens with zero attached hydrogens (tertiary/aromatic N) is 1. The first-order valence-corrected chi connectivity index (χ1v) is 6.58. The predicted octanol–water partition coefficient (Wildman–Crippen LogP) is 0.945. The van der Waals surface area contributed by atoms with Crippen LogP contribution >= 0.6 is 0 Å². The predicted molar refractivity (Wildman–Crippen MR) is 69.3 cm³/mol. The smallest absolute Gasteiger partial charge is 0.311 e. The van der Waals surface area contributed by atoms with Gasteiger partial charge in [-0.3, -0.25) is 9.59 Å². The van der Waals surface area contributed by atoms with Crippen LogP contribution in [0.15, 0.2) is 0 Å². The summed E-state index contributed by atoms with van der Waals surface area (Å²) in [4.78, 5) is 24.7. The van der Waals surface area contributed by atoms with Gasteiger partial charge in [0.15, 0.2) is 0 Å². The molecule has 1 rings (SSSR count). The first-order valence-electron chi connectivity index (χ1n) is 6.58. The standard InChI is InChI=1S/C13H24N2O3/c1-10(2)13(12(17)18)6-8-15(9-13)7-4-5-11(16)14-3/h10H,4-9H2,1-3H3,(H,14,16)(H,17,18). The van der Waals surface area contributed by atoms with Crippen LogP contribution in [-0.4, -0.2) is 48.6 Å². The SMILES string of the molecule is CNC(=O)CCCN1CCC(C(=O)O)(C(C)C)C1. The maximum Gasteiger partial charge on any atom is 0.311 e. The van der Waals surface area contributed by atoms with Crippen molar-refractivity contribution in [2.75, 3.05) is 26.7 Å². The van der Waals surface area contributed by atoms with Crippen LogP contribution in [0, 0.1) is 11.3 Å². The molecule has 1 aliphatic heterocycles. The molecule has 0 aromatic carbocycles. The Morgan fingerprint density at radius 1 is 1.44 bits per heavy atom. The quantitative estimate of drug-likeness (QED) is 0.742. The summed E-state index contributed by atoms with van der Waals surface area (Å²) in [6, 6.07) is 0. The van der Waals surface area contributed by atoms with Gasteiger partial charge in [0.05, 0.1) is 5.41 Å². The van der Waals surface area contributed by atoms with E-state index in [-0.39, 0.29) is 11.8 Å². The second-order valence-electron chi connectivity index (χ2n) is 5.42. The highest BCUT2D eigenvalue weighted by molar-refractivity contribution is 5.76. The molecule has 0 spiro atoms. The molecule has 0 aliphatic carbocycles. The molecule has 0 bridgehead atoms. The van der Waals surface area contributed by atoms with Crippen LogP contribution < -0.4 is 5.32 Å². The van der Waals surface area contributed by atoms with Gasteiger partial charge in [0, 0.05) is 20.0 Å². The third-order valence-corrected chi connectivity index (χ3v) is 4.07. The van der Waals surface area contributed by atoms with Crippen LogP contribution in [0.4, 0.5) is 0 Å². The molecule has 104 valence electrons. The number of likely N-dealkylation sites (tertiary alicyclic amines) is 1. The lowest BCUT2D eigenvalue weighted by molar-refractivity contribution is -0.151. The van der Waals surface area contributed by atoms with E-state index in [9.17, 15) is 14.7 Å². The summed E-state index contributed by atoms with van der Waals surface area (Å²) < 4.78 is 0. The number of aliphatic carboxylic acids is 1. The second kappa shape index (κ2) is 6.18. The molecule has 1 heterocycles. The van der Waals surface area contributed by atoms with Gasteiger partial charge >= 0.3 is 5.97 Å². The van der Waals surface area contributed by atoms with Crippen molar-refractivity contribution >= 4 is 11.9 Å². The Labute approximate surface area is 109 Å². The molecule has 1 saturated heterocycles. The van der Waals surface area contributed by atoms with Crippen LogP contribution in [0.2, 0.25) is 0 Å². The molecule has 1 atom stereocenters. The number of hydrogen-bond acceptors (Lipinski definition) is 3. The molecule has 5 nitrogen and oxygen atoms in total. The van der Waals surface area contributed by atoms with Gasteiger partial charge in [-0.1, -0.05) is 13.8 Å². The summed E-state index contributed by atoms with van der Waals surface area (Å²) >= 11 is 0. The Morgan fingerprint density at radius 3 is 2.56 bits per heavy atom. The first kappa shape index (κ1) is 15.0. The van der Waals surface area contributed by atoms with E-state index in [4.69, 9.17) is 0 Å². The maximum absolute atomic E-state index is 11.4. The van der Waals surface area contributed by atoms with Crippen molar-refractivity contribution in [2.45, 2.75) is 33.1 Å². The molecule has 1 amide bonds. The third kappa shape index (κ3) is 3.22. The highest BCUT2D eigenvalue weighted by atomic mass is 16.4. The highest BCUT2D eigenvalue weighted by Crippen LogP contribution is 2.38. The second-order valence-corrected chi connectivity index (χ2v) is 5.42. The van der Waals surface area contributed by atoms with Gasteiger partial charge < -0.3 is 15.3 Å². The van der Waals surface area contributed by atoms with Gasteiger partial charge in [-0.15, -0.1) is 0 Å². The van der Waals surface area contributed by atoms with Gasteiger partial charge in [-0.25, -0.2) is 0 Å². The number of nitrogens with one attached hydrogen (secondary N) is 1. The van der Waals surface area contributed by atoms with Crippen molar-refractivity contribution in [3.05, 3.63) is 0 Å². The van der Waals surface area contributed by atoms with Crippen LogP contribution in [0.25, 0.3) is 0 Å². The number of carbonyl (C=O) groups excluding carboxylic acids is 1. The van der Waals surface area contributed by atoms with Gasteiger partial charge in [0.25, 0.3) is 0 Å². The van der Waals surface area contributed by atoms with Crippen LogP contribution in [-0.2, 0) is 9.59 Å². The molecule has 0 aromatic rings. The minimum Gasteiger partial charge on any atom is -0.481 e. The Bertz CT molecular complexity index is 317. The number of rotatable bonds is 6. The third-order valence-electron chi connectivity index (χ3n) is 4.07. The van der Waals surface area contributed by atoms with Crippen molar-refractivity contribution in [2.24, 2.45) is 11.3 Å². The fourth-order valence-corrected chi connectivity index (χ4v) is 2.59. The van der Waals surface area contributed by atoms with E-state index in [2.05, 4.69) is 10.2 Å². The lowest BCUT2D eigenvalue weighted by Crippen LogP contribution is -2.39. The summed E-state index contributed by atoms with van der Waals surface area (Å²) in [6.07, 6.45) is 2.00. The lowest BCUT2D eigenvalue weighted by Gasteiger charge is -2.28. The van der Waals surface area contributed by atoms with E-state index in [0.29, 0.717) is 19.4 Å². The Balaban J connectivity index is 2.45. The molecule has 0 saturated carbocycles. The zero-order valence-corrected chi connectivity index (χ0v) is 11.5. The van der Waals surface area contributed by atoms with Gasteiger partial charge in [0.1, 0.15) is 0 Å². The summed E-state index contributed by atoms with van der Waals surface area (Å²) in [5, 5.41) is 12.0. The Hall–Kier alpha value is -1.10. The fourth-order valence-electron chi connectivity index (χ4n) is 2.59. The molecule has 1 fully saturated rings. The zero-order chi connectivity index (χ0) is 13.8. The average molecular weight is 256 g/mol. The molecular weight excluding hydrogens is 232 g/mol. The number of carboxylic acid groups (broad SMARTS) is 1. The van der Waals surface area contributed by atoms with Gasteiger partial charge in [-0.05, 0) is 31.8 Å². The topological polar surface area (TPSA) is 69.6 Å². The lowest BCUT2D eigenvalue weighted by atomic mass is 9.76. The number of carboxylic acids is 1. The molecule has 18 heavy (non-hydrogen) atoms. The average Bonchev–Trinajstić information content (AvgIpc) is 2.74. The van der Waals surface area contributed by atoms with Gasteiger partial charge in [-0.2, -0.15) is 0 Å². The fraction of sp³-hybridized carbons (Fsp3) is 0.846. The normalized spacial score (nSPS) is 24.4. The van der Waals surface area contributed by atoms with Crippen molar-refractivity contribution in [3.8, 4) is 0 Å². The van der Waals surface area contributed by atoms with E-state index < -0.39 is 11.4 Å². The maximum atomic E-state index is 11.4. The molecule has 0 radical (unpaired) electrons. The van der Waals surface area contributed by atoms with Crippen molar-refractivity contribution < 1.29 is 14.7 Å². The van der Waals surface area contributed by atoms with Crippen LogP contribution in [0.1, 0.15) is 33.1 Å². The largest absolute Gasteiger partial charge is 0.481 e.